The van der Waals surface area contributed by atoms with Crippen molar-refractivity contribution in [3.63, 3.8) is 0 Å². The molecule has 1 fully saturated rings. The van der Waals surface area contributed by atoms with Gasteiger partial charge < -0.3 is 15.4 Å². The number of hydrogen-bond acceptors (Lipinski definition) is 3. The van der Waals surface area contributed by atoms with E-state index in [0.717, 1.165) is 32.1 Å². The Morgan fingerprint density at radius 1 is 1.10 bits per heavy atom. The third-order valence-corrected chi connectivity index (χ3v) is 6.01. The van der Waals surface area contributed by atoms with Crippen LogP contribution in [-0.4, -0.2) is 24.5 Å². The fourth-order valence-corrected chi connectivity index (χ4v) is 4.16. The molecule has 0 heterocycles. The van der Waals surface area contributed by atoms with Crippen LogP contribution in [0, 0.1) is 0 Å². The minimum atomic E-state index is -0.279. The van der Waals surface area contributed by atoms with Gasteiger partial charge in [0.05, 0.1) is 21.7 Å². The summed E-state index contributed by atoms with van der Waals surface area (Å²) in [6, 6.07) is 10.3. The summed E-state index contributed by atoms with van der Waals surface area (Å²) in [4.78, 5) is 25.4. The molecule has 7 heteroatoms. The molecule has 0 aromatic heterocycles. The molecule has 0 saturated heterocycles. The van der Waals surface area contributed by atoms with Gasteiger partial charge >= 0.3 is 0 Å². The van der Waals surface area contributed by atoms with Crippen LogP contribution in [0.2, 0.25) is 5.02 Å². The van der Waals surface area contributed by atoms with E-state index < -0.39 is 0 Å². The van der Waals surface area contributed by atoms with Gasteiger partial charge in [-0.25, -0.2) is 0 Å². The Labute approximate surface area is 190 Å². The molecule has 2 N–H and O–H groups in total. The summed E-state index contributed by atoms with van der Waals surface area (Å²) in [5, 5.41) is 6.26. The van der Waals surface area contributed by atoms with Gasteiger partial charge in [-0.3, -0.25) is 9.59 Å². The van der Waals surface area contributed by atoms with Gasteiger partial charge in [0.2, 0.25) is 0 Å². The lowest BCUT2D eigenvalue weighted by Gasteiger charge is -2.23. The first-order chi connectivity index (χ1) is 14.5. The fourth-order valence-electron chi connectivity index (χ4n) is 3.46. The number of carbonyl (C=O) groups is 2. The van der Waals surface area contributed by atoms with Gasteiger partial charge in [0.25, 0.3) is 11.8 Å². The van der Waals surface area contributed by atoms with E-state index in [1.165, 1.54) is 6.42 Å². The maximum atomic E-state index is 12.7. The lowest BCUT2D eigenvalue weighted by atomic mass is 9.95. The number of benzene rings is 2. The van der Waals surface area contributed by atoms with Crippen molar-refractivity contribution >= 4 is 45.0 Å². The molecule has 0 bridgehead atoms. The standard InChI is InChI=1S/C23H26BrClN2O3/c1-2-12-30-21-11-8-15(13-19(21)24)22(28)27-17-9-10-20(25)18(14-17)23(29)26-16-6-4-3-5-7-16/h8-11,13-14,16H,2-7,12H2,1H3,(H,26,29)(H,27,28). The molecule has 5 nitrogen and oxygen atoms in total. The van der Waals surface area contributed by atoms with E-state index in [9.17, 15) is 9.59 Å². The van der Waals surface area contributed by atoms with Crippen molar-refractivity contribution in [1.82, 2.24) is 5.32 Å². The molecule has 1 saturated carbocycles. The lowest BCUT2D eigenvalue weighted by Crippen LogP contribution is -2.36. The first-order valence-electron chi connectivity index (χ1n) is 10.3. The quantitative estimate of drug-likeness (QED) is 0.482. The number of ether oxygens (including phenoxy) is 1. The molecule has 1 aliphatic rings. The van der Waals surface area contributed by atoms with Crippen molar-refractivity contribution in [3.05, 3.63) is 57.0 Å². The second-order valence-electron chi connectivity index (χ2n) is 7.45. The molecule has 30 heavy (non-hydrogen) atoms. The first kappa shape index (κ1) is 22.6. The van der Waals surface area contributed by atoms with Gasteiger partial charge in [0.1, 0.15) is 5.75 Å². The zero-order valence-electron chi connectivity index (χ0n) is 17.0. The largest absolute Gasteiger partial charge is 0.492 e. The van der Waals surface area contributed by atoms with E-state index in [-0.39, 0.29) is 17.9 Å². The molecule has 2 aromatic carbocycles. The Morgan fingerprint density at radius 3 is 2.57 bits per heavy atom. The maximum absolute atomic E-state index is 12.7. The third-order valence-electron chi connectivity index (χ3n) is 5.07. The van der Waals surface area contributed by atoms with Crippen molar-refractivity contribution < 1.29 is 14.3 Å². The van der Waals surface area contributed by atoms with E-state index >= 15 is 0 Å². The molecule has 0 atom stereocenters. The number of hydrogen-bond donors (Lipinski definition) is 2. The molecular formula is C23H26BrClN2O3. The van der Waals surface area contributed by atoms with Gasteiger partial charge in [0, 0.05) is 17.3 Å². The SMILES string of the molecule is CCCOc1ccc(C(=O)Nc2ccc(Cl)c(C(=O)NC3CCCCC3)c2)cc1Br. The second-order valence-corrected chi connectivity index (χ2v) is 8.71. The Morgan fingerprint density at radius 2 is 1.87 bits per heavy atom. The van der Waals surface area contributed by atoms with Gasteiger partial charge in [-0.2, -0.15) is 0 Å². The molecule has 2 amide bonds. The molecule has 160 valence electrons. The minimum Gasteiger partial charge on any atom is -0.492 e. The van der Waals surface area contributed by atoms with Crippen LogP contribution in [0.4, 0.5) is 5.69 Å². The summed E-state index contributed by atoms with van der Waals surface area (Å²) in [6.07, 6.45) is 6.37. The Hall–Kier alpha value is -2.05. The predicted molar refractivity (Wildman–Crippen MR) is 124 cm³/mol. The lowest BCUT2D eigenvalue weighted by molar-refractivity contribution is 0.0926. The Balaban J connectivity index is 1.69. The number of nitrogens with one attached hydrogen (secondary N) is 2. The van der Waals surface area contributed by atoms with Crippen LogP contribution in [0.3, 0.4) is 0 Å². The molecule has 0 aliphatic heterocycles. The molecule has 3 rings (SSSR count). The van der Waals surface area contributed by atoms with Crippen LogP contribution in [0.1, 0.15) is 66.2 Å². The fraction of sp³-hybridized carbons (Fsp3) is 0.391. The van der Waals surface area contributed by atoms with Crippen LogP contribution in [0.25, 0.3) is 0 Å². The Bertz CT molecular complexity index is 913. The average molecular weight is 494 g/mol. The van der Waals surface area contributed by atoms with E-state index in [2.05, 4.69) is 26.6 Å². The Kier molecular flexibility index (Phi) is 8.16. The molecule has 0 radical (unpaired) electrons. The summed E-state index contributed by atoms with van der Waals surface area (Å²) < 4.78 is 6.33. The summed E-state index contributed by atoms with van der Waals surface area (Å²) in [5.41, 5.74) is 1.36. The van der Waals surface area contributed by atoms with Crippen molar-refractivity contribution in [2.45, 2.75) is 51.5 Å². The van der Waals surface area contributed by atoms with Gasteiger partial charge in [-0.1, -0.05) is 37.8 Å². The van der Waals surface area contributed by atoms with Crippen LogP contribution in [0.5, 0.6) is 5.75 Å². The van der Waals surface area contributed by atoms with E-state index in [1.54, 1.807) is 36.4 Å². The number of halogens is 2. The highest BCUT2D eigenvalue weighted by Crippen LogP contribution is 2.27. The predicted octanol–water partition coefficient (Wildman–Crippen LogP) is 6.21. The van der Waals surface area contributed by atoms with Crippen molar-refractivity contribution in [3.8, 4) is 5.75 Å². The second kappa shape index (κ2) is 10.8. The summed E-state index contributed by atoms with van der Waals surface area (Å²) in [6.45, 7) is 2.64. The number of anilines is 1. The minimum absolute atomic E-state index is 0.186. The first-order valence-corrected chi connectivity index (χ1v) is 11.5. The van der Waals surface area contributed by atoms with Crippen molar-refractivity contribution in [1.29, 1.82) is 0 Å². The smallest absolute Gasteiger partial charge is 0.255 e. The summed E-state index contributed by atoms with van der Waals surface area (Å²) in [5.74, 6) is 0.212. The van der Waals surface area contributed by atoms with E-state index in [4.69, 9.17) is 16.3 Å². The van der Waals surface area contributed by atoms with Gasteiger partial charge in [-0.15, -0.1) is 0 Å². The molecule has 1 aliphatic carbocycles. The third kappa shape index (κ3) is 5.99. The van der Waals surface area contributed by atoms with Crippen molar-refractivity contribution in [2.75, 3.05) is 11.9 Å². The summed E-state index contributed by atoms with van der Waals surface area (Å²) in [7, 11) is 0. The van der Waals surface area contributed by atoms with Gasteiger partial charge in [-0.05, 0) is 71.6 Å². The monoisotopic (exact) mass is 492 g/mol. The zero-order valence-corrected chi connectivity index (χ0v) is 19.3. The highest BCUT2D eigenvalue weighted by atomic mass is 79.9. The summed E-state index contributed by atoms with van der Waals surface area (Å²) >= 11 is 9.69. The topological polar surface area (TPSA) is 67.4 Å². The molecule has 0 unspecified atom stereocenters. The van der Waals surface area contributed by atoms with Gasteiger partial charge in [0.15, 0.2) is 0 Å². The number of carbonyl (C=O) groups excluding carboxylic acids is 2. The van der Waals surface area contributed by atoms with Crippen LogP contribution in [-0.2, 0) is 0 Å². The van der Waals surface area contributed by atoms with Crippen LogP contribution >= 0.6 is 27.5 Å². The molecule has 0 spiro atoms. The number of rotatable bonds is 7. The highest BCUT2D eigenvalue weighted by Gasteiger charge is 2.19. The van der Waals surface area contributed by atoms with E-state index in [1.807, 2.05) is 6.92 Å². The van der Waals surface area contributed by atoms with Crippen LogP contribution in [0.15, 0.2) is 40.9 Å². The maximum Gasteiger partial charge on any atom is 0.255 e. The average Bonchev–Trinajstić information content (AvgIpc) is 2.74. The molecule has 2 aromatic rings. The molecular weight excluding hydrogens is 468 g/mol. The van der Waals surface area contributed by atoms with E-state index in [0.29, 0.717) is 38.7 Å². The highest BCUT2D eigenvalue weighted by molar-refractivity contribution is 9.10. The number of amides is 2. The van der Waals surface area contributed by atoms with Crippen molar-refractivity contribution in [2.24, 2.45) is 0 Å². The zero-order chi connectivity index (χ0) is 21.5. The van der Waals surface area contributed by atoms with Crippen LogP contribution < -0.4 is 15.4 Å². The normalized spacial score (nSPS) is 14.2.